The maximum atomic E-state index is 12.5. The number of aromatic carboxylic acids is 1. The first-order valence-corrected chi connectivity index (χ1v) is 8.17. The van der Waals surface area contributed by atoms with Crippen molar-refractivity contribution < 1.29 is 19.4 Å². The van der Waals surface area contributed by atoms with Gasteiger partial charge in [-0.15, -0.1) is 0 Å². The Morgan fingerprint density at radius 2 is 1.72 bits per heavy atom. The highest BCUT2D eigenvalue weighted by Gasteiger charge is 2.20. The van der Waals surface area contributed by atoms with Crippen LogP contribution in [0.15, 0.2) is 48.5 Å². The smallest absolute Gasteiger partial charge is 0.335 e. The molecule has 2 N–H and O–H groups in total. The number of methoxy groups -OCH3 is 1. The van der Waals surface area contributed by atoms with E-state index in [0.29, 0.717) is 5.56 Å². The van der Waals surface area contributed by atoms with Gasteiger partial charge in [0.05, 0.1) is 25.1 Å². The van der Waals surface area contributed by atoms with Crippen LogP contribution in [0.1, 0.15) is 41.4 Å². The van der Waals surface area contributed by atoms with Crippen molar-refractivity contribution in [2.24, 2.45) is 5.92 Å². The molecule has 2 rings (SSSR count). The van der Waals surface area contributed by atoms with Gasteiger partial charge < -0.3 is 15.2 Å². The van der Waals surface area contributed by atoms with Gasteiger partial charge in [-0.2, -0.15) is 0 Å². The summed E-state index contributed by atoms with van der Waals surface area (Å²) in [7, 11) is 1.61. The Hall–Kier alpha value is -2.82. The number of ether oxygens (including phenoxy) is 1. The Balaban J connectivity index is 2.14. The Bertz CT molecular complexity index is 738. The lowest BCUT2D eigenvalue weighted by Gasteiger charge is -2.23. The first kappa shape index (κ1) is 18.5. The Kier molecular flexibility index (Phi) is 6.17. The van der Waals surface area contributed by atoms with Crippen LogP contribution >= 0.6 is 0 Å². The van der Waals surface area contributed by atoms with Crippen molar-refractivity contribution in [1.82, 2.24) is 5.32 Å². The van der Waals surface area contributed by atoms with Crippen LogP contribution in [0.4, 0.5) is 0 Å². The molecule has 0 aliphatic carbocycles. The molecule has 1 atom stereocenters. The molecule has 0 radical (unpaired) electrons. The number of nitrogens with one attached hydrogen (secondary N) is 1. The zero-order valence-corrected chi connectivity index (χ0v) is 14.7. The Morgan fingerprint density at radius 1 is 1.08 bits per heavy atom. The van der Waals surface area contributed by atoms with E-state index < -0.39 is 5.97 Å². The molecule has 132 valence electrons. The summed E-state index contributed by atoms with van der Waals surface area (Å²) in [5, 5.41) is 12.2. The number of hydrogen-bond acceptors (Lipinski definition) is 3. The van der Waals surface area contributed by atoms with Crippen molar-refractivity contribution in [2.45, 2.75) is 26.3 Å². The summed E-state index contributed by atoms with van der Waals surface area (Å²) in [6.07, 6.45) is 0.0296. The minimum Gasteiger partial charge on any atom is -0.497 e. The average Bonchev–Trinajstić information content (AvgIpc) is 2.60. The van der Waals surface area contributed by atoms with Crippen LogP contribution < -0.4 is 10.1 Å². The highest BCUT2D eigenvalue weighted by molar-refractivity contribution is 5.91. The third-order valence-electron chi connectivity index (χ3n) is 4.06. The fourth-order valence-electron chi connectivity index (χ4n) is 2.73. The molecule has 0 heterocycles. The van der Waals surface area contributed by atoms with Gasteiger partial charge in [0.1, 0.15) is 5.75 Å². The van der Waals surface area contributed by atoms with Crippen LogP contribution in [0.25, 0.3) is 0 Å². The van der Waals surface area contributed by atoms with Gasteiger partial charge in [0.25, 0.3) is 0 Å². The fraction of sp³-hybridized carbons (Fsp3) is 0.300. The van der Waals surface area contributed by atoms with Crippen molar-refractivity contribution >= 4 is 11.9 Å². The maximum absolute atomic E-state index is 12.5. The first-order valence-electron chi connectivity index (χ1n) is 8.17. The zero-order chi connectivity index (χ0) is 18.4. The monoisotopic (exact) mass is 341 g/mol. The molecule has 25 heavy (non-hydrogen) atoms. The van der Waals surface area contributed by atoms with Crippen molar-refractivity contribution in [3.8, 4) is 5.75 Å². The second-order valence-corrected chi connectivity index (χ2v) is 6.20. The molecule has 2 aromatic rings. The molecule has 2 aromatic carbocycles. The van der Waals surface area contributed by atoms with E-state index in [1.54, 1.807) is 25.3 Å². The van der Waals surface area contributed by atoms with E-state index in [-0.39, 0.29) is 29.9 Å². The quantitative estimate of drug-likeness (QED) is 0.809. The molecule has 0 aliphatic rings. The van der Waals surface area contributed by atoms with Crippen LogP contribution in [0, 0.1) is 5.92 Å². The van der Waals surface area contributed by atoms with Gasteiger partial charge in [0.2, 0.25) is 5.91 Å². The van der Waals surface area contributed by atoms with Crippen LogP contribution in [0.2, 0.25) is 0 Å². The first-order chi connectivity index (χ1) is 11.9. The summed E-state index contributed by atoms with van der Waals surface area (Å²) in [5.41, 5.74) is 1.64. The summed E-state index contributed by atoms with van der Waals surface area (Å²) in [4.78, 5) is 23.7. The Morgan fingerprint density at radius 3 is 2.28 bits per heavy atom. The molecule has 0 saturated carbocycles. The van der Waals surface area contributed by atoms with E-state index in [9.17, 15) is 14.7 Å². The van der Waals surface area contributed by atoms with Crippen molar-refractivity contribution in [1.29, 1.82) is 0 Å². The molecule has 5 heteroatoms. The minimum absolute atomic E-state index is 0.0296. The molecular weight excluding hydrogens is 318 g/mol. The number of rotatable bonds is 7. The number of carbonyl (C=O) groups is 2. The van der Waals surface area contributed by atoms with Gasteiger partial charge in [-0.1, -0.05) is 44.2 Å². The van der Waals surface area contributed by atoms with Gasteiger partial charge >= 0.3 is 5.97 Å². The normalized spacial score (nSPS) is 11.8. The zero-order valence-electron chi connectivity index (χ0n) is 14.7. The van der Waals surface area contributed by atoms with E-state index in [1.165, 1.54) is 6.07 Å². The van der Waals surface area contributed by atoms with Gasteiger partial charge in [-0.25, -0.2) is 4.79 Å². The predicted molar refractivity (Wildman–Crippen MR) is 95.8 cm³/mol. The lowest BCUT2D eigenvalue weighted by molar-refractivity contribution is -0.121. The SMILES string of the molecule is COc1ccc(C(NC(=O)Cc2ccccc2C(=O)O)C(C)C)cc1. The summed E-state index contributed by atoms with van der Waals surface area (Å²) >= 11 is 0. The molecule has 0 spiro atoms. The summed E-state index contributed by atoms with van der Waals surface area (Å²) in [6.45, 7) is 4.06. The summed E-state index contributed by atoms with van der Waals surface area (Å²) < 4.78 is 5.16. The van der Waals surface area contributed by atoms with E-state index in [2.05, 4.69) is 5.32 Å². The van der Waals surface area contributed by atoms with E-state index >= 15 is 0 Å². The minimum atomic E-state index is -1.03. The molecule has 0 aromatic heterocycles. The molecular formula is C20H23NO4. The van der Waals surface area contributed by atoms with Gasteiger partial charge in [0.15, 0.2) is 0 Å². The number of benzene rings is 2. The van der Waals surface area contributed by atoms with E-state index in [1.807, 2.05) is 38.1 Å². The maximum Gasteiger partial charge on any atom is 0.335 e. The second kappa shape index (κ2) is 8.33. The average molecular weight is 341 g/mol. The molecule has 0 bridgehead atoms. The van der Waals surface area contributed by atoms with Crippen LogP contribution in [0.5, 0.6) is 5.75 Å². The molecule has 0 saturated heterocycles. The van der Waals surface area contributed by atoms with Crippen LogP contribution in [0.3, 0.4) is 0 Å². The number of amides is 1. The Labute approximate surface area is 147 Å². The van der Waals surface area contributed by atoms with Crippen LogP contribution in [-0.2, 0) is 11.2 Å². The van der Waals surface area contributed by atoms with Gasteiger partial charge in [-0.3, -0.25) is 4.79 Å². The number of carbonyl (C=O) groups excluding carboxylic acids is 1. The topological polar surface area (TPSA) is 75.6 Å². The highest BCUT2D eigenvalue weighted by Crippen LogP contribution is 2.24. The summed E-state index contributed by atoms with van der Waals surface area (Å²) in [6, 6.07) is 14.0. The van der Waals surface area contributed by atoms with Gasteiger partial charge in [0, 0.05) is 0 Å². The van der Waals surface area contributed by atoms with E-state index in [4.69, 9.17) is 4.74 Å². The van der Waals surface area contributed by atoms with Crippen molar-refractivity contribution in [3.05, 3.63) is 65.2 Å². The van der Waals surface area contributed by atoms with Crippen LogP contribution in [-0.4, -0.2) is 24.1 Å². The predicted octanol–water partition coefficient (Wildman–Crippen LogP) is 3.45. The number of hydrogen-bond donors (Lipinski definition) is 2. The molecule has 5 nitrogen and oxygen atoms in total. The van der Waals surface area contributed by atoms with Gasteiger partial charge in [-0.05, 0) is 35.2 Å². The third-order valence-corrected chi connectivity index (χ3v) is 4.06. The van der Waals surface area contributed by atoms with Crippen molar-refractivity contribution in [3.63, 3.8) is 0 Å². The van der Waals surface area contributed by atoms with E-state index in [0.717, 1.165) is 11.3 Å². The third kappa shape index (κ3) is 4.83. The molecule has 0 fully saturated rings. The number of carboxylic acids is 1. The fourth-order valence-corrected chi connectivity index (χ4v) is 2.73. The molecule has 0 aliphatic heterocycles. The summed E-state index contributed by atoms with van der Waals surface area (Å²) in [5.74, 6) is -0.290. The lowest BCUT2D eigenvalue weighted by atomic mass is 9.95. The number of carboxylic acid groups (broad SMARTS) is 1. The lowest BCUT2D eigenvalue weighted by Crippen LogP contribution is -2.33. The second-order valence-electron chi connectivity index (χ2n) is 6.20. The molecule has 1 unspecified atom stereocenters. The van der Waals surface area contributed by atoms with Crippen molar-refractivity contribution in [2.75, 3.05) is 7.11 Å². The standard InChI is InChI=1S/C20H23NO4/c1-13(2)19(14-8-10-16(25-3)11-9-14)21-18(22)12-15-6-4-5-7-17(15)20(23)24/h4-11,13,19H,12H2,1-3H3,(H,21,22)(H,23,24). The highest BCUT2D eigenvalue weighted by atomic mass is 16.5. The molecule has 1 amide bonds. The largest absolute Gasteiger partial charge is 0.497 e.